The van der Waals surface area contributed by atoms with Crippen LogP contribution < -0.4 is 4.74 Å². The minimum absolute atomic E-state index is 0.0308. The van der Waals surface area contributed by atoms with Crippen LogP contribution in [0.4, 0.5) is 17.6 Å². The number of rotatable bonds is 5. The molecule has 2 rings (SSSR count). The van der Waals surface area contributed by atoms with E-state index >= 15 is 0 Å². The number of esters is 1. The van der Waals surface area contributed by atoms with E-state index in [1.807, 2.05) is 0 Å². The summed E-state index contributed by atoms with van der Waals surface area (Å²) in [5, 5.41) is 0. The van der Waals surface area contributed by atoms with Gasteiger partial charge in [-0.1, -0.05) is 18.7 Å². The summed E-state index contributed by atoms with van der Waals surface area (Å²) in [5.41, 5.74) is -0.667. The Morgan fingerprint density at radius 3 is 2.20 bits per heavy atom. The summed E-state index contributed by atoms with van der Waals surface area (Å²) in [5.74, 6) is -6.84. The van der Waals surface area contributed by atoms with Crippen LogP contribution in [-0.2, 0) is 16.1 Å². The van der Waals surface area contributed by atoms with E-state index in [0.717, 1.165) is 12.1 Å². The zero-order chi connectivity index (χ0) is 18.7. The lowest BCUT2D eigenvalue weighted by Crippen LogP contribution is -2.11. The maximum absolute atomic E-state index is 14.2. The minimum atomic E-state index is -1.26. The molecule has 0 radical (unpaired) electrons. The van der Waals surface area contributed by atoms with Crippen LogP contribution in [0.25, 0.3) is 11.1 Å². The molecule has 0 heterocycles. The van der Waals surface area contributed by atoms with E-state index < -0.39 is 35.0 Å². The fraction of sp³-hybridized carbons (Fsp3) is 0.167. The molecule has 0 amide bonds. The number of methoxy groups -OCH3 is 1. The van der Waals surface area contributed by atoms with Crippen molar-refractivity contribution in [3.05, 3.63) is 65.2 Å². The molecule has 0 aromatic heterocycles. The number of carbonyl (C=O) groups excluding carboxylic acids is 1. The van der Waals surface area contributed by atoms with Crippen molar-refractivity contribution in [3.63, 3.8) is 0 Å². The van der Waals surface area contributed by atoms with Gasteiger partial charge in [0, 0.05) is 23.8 Å². The van der Waals surface area contributed by atoms with Gasteiger partial charge in [0.05, 0.1) is 6.61 Å². The molecule has 0 bridgehead atoms. The molecule has 0 aliphatic heterocycles. The number of benzene rings is 2. The molecule has 0 saturated carbocycles. The fourth-order valence-electron chi connectivity index (χ4n) is 2.07. The van der Waals surface area contributed by atoms with E-state index in [1.165, 1.54) is 26.2 Å². The van der Waals surface area contributed by atoms with Crippen LogP contribution in [-0.4, -0.2) is 13.1 Å². The molecule has 2 aromatic carbocycles. The minimum Gasteiger partial charge on any atom is -0.417 e. The van der Waals surface area contributed by atoms with Crippen LogP contribution in [0.2, 0.25) is 0 Å². The van der Waals surface area contributed by atoms with Crippen molar-refractivity contribution in [1.82, 2.24) is 0 Å². The van der Waals surface area contributed by atoms with Gasteiger partial charge in [-0.2, -0.15) is 0 Å². The Hall–Kier alpha value is -2.67. The van der Waals surface area contributed by atoms with Gasteiger partial charge in [-0.05, 0) is 24.6 Å². The number of ether oxygens (including phenoxy) is 2. The van der Waals surface area contributed by atoms with Gasteiger partial charge in [0.1, 0.15) is 0 Å². The molecular formula is C18H14F4O3. The third-order valence-electron chi connectivity index (χ3n) is 3.31. The van der Waals surface area contributed by atoms with E-state index in [1.54, 1.807) is 0 Å². The summed E-state index contributed by atoms with van der Waals surface area (Å²) < 4.78 is 65.6. The number of hydrogen-bond donors (Lipinski definition) is 0. The first-order valence-electron chi connectivity index (χ1n) is 7.09. The van der Waals surface area contributed by atoms with Crippen molar-refractivity contribution >= 4 is 5.97 Å². The zero-order valence-corrected chi connectivity index (χ0v) is 13.5. The predicted molar refractivity (Wildman–Crippen MR) is 82.9 cm³/mol. The molecule has 0 N–H and O–H groups in total. The van der Waals surface area contributed by atoms with Crippen LogP contribution in [0.15, 0.2) is 36.4 Å². The van der Waals surface area contributed by atoms with E-state index in [4.69, 9.17) is 4.74 Å². The van der Waals surface area contributed by atoms with Crippen LogP contribution in [0, 0.1) is 23.3 Å². The molecule has 0 saturated heterocycles. The molecule has 25 heavy (non-hydrogen) atoms. The largest absolute Gasteiger partial charge is 0.417 e. The lowest BCUT2D eigenvalue weighted by molar-refractivity contribution is -0.130. The maximum atomic E-state index is 14.2. The number of carbonyl (C=O) groups is 1. The Balaban J connectivity index is 2.47. The lowest BCUT2D eigenvalue weighted by atomic mass is 10.0. The Labute approximate surface area is 141 Å². The SMILES string of the molecule is C=C(C)C(=O)Oc1c(F)cc(-c2ccc(COC)c(F)c2F)cc1F. The summed E-state index contributed by atoms with van der Waals surface area (Å²) in [6, 6.07) is 3.93. The van der Waals surface area contributed by atoms with Gasteiger partial charge in [0.25, 0.3) is 0 Å². The highest BCUT2D eigenvalue weighted by Crippen LogP contribution is 2.32. The standard InChI is InChI=1S/C18H14F4O3/c1-9(2)18(23)25-17-13(19)6-11(7-14(17)20)12-5-4-10(8-24-3)15(21)16(12)22/h4-7H,1,8H2,2-3H3. The second-order valence-electron chi connectivity index (χ2n) is 5.27. The Morgan fingerprint density at radius 2 is 1.68 bits per heavy atom. The Kier molecular flexibility index (Phi) is 5.58. The first-order chi connectivity index (χ1) is 11.8. The first kappa shape index (κ1) is 18.7. The lowest BCUT2D eigenvalue weighted by Gasteiger charge is -2.11. The van der Waals surface area contributed by atoms with Crippen LogP contribution in [0.1, 0.15) is 12.5 Å². The normalized spacial score (nSPS) is 10.6. The van der Waals surface area contributed by atoms with Gasteiger partial charge in [0.15, 0.2) is 23.3 Å². The topological polar surface area (TPSA) is 35.5 Å². The second kappa shape index (κ2) is 7.48. The van der Waals surface area contributed by atoms with Crippen LogP contribution in [0.5, 0.6) is 5.75 Å². The Bertz CT molecular complexity index is 823. The average molecular weight is 354 g/mol. The van der Waals surface area contributed by atoms with E-state index in [9.17, 15) is 22.4 Å². The van der Waals surface area contributed by atoms with Crippen molar-refractivity contribution < 1.29 is 31.8 Å². The molecule has 3 nitrogen and oxygen atoms in total. The third-order valence-corrected chi connectivity index (χ3v) is 3.31. The average Bonchev–Trinajstić information content (AvgIpc) is 2.55. The van der Waals surface area contributed by atoms with Gasteiger partial charge >= 0.3 is 5.97 Å². The summed E-state index contributed by atoms with van der Waals surface area (Å²) in [4.78, 5) is 11.4. The molecule has 0 spiro atoms. The molecule has 0 aliphatic carbocycles. The summed E-state index contributed by atoms with van der Waals surface area (Å²) in [6.07, 6.45) is 0. The summed E-state index contributed by atoms with van der Waals surface area (Å²) in [6.45, 7) is 4.46. The zero-order valence-electron chi connectivity index (χ0n) is 13.5. The van der Waals surface area contributed by atoms with Crippen LogP contribution >= 0.6 is 0 Å². The number of hydrogen-bond acceptors (Lipinski definition) is 3. The highest BCUT2D eigenvalue weighted by molar-refractivity contribution is 5.88. The maximum Gasteiger partial charge on any atom is 0.338 e. The number of halogens is 4. The molecule has 0 atom stereocenters. The van der Waals surface area contributed by atoms with E-state index in [0.29, 0.717) is 0 Å². The van der Waals surface area contributed by atoms with Gasteiger partial charge < -0.3 is 9.47 Å². The fourth-order valence-corrected chi connectivity index (χ4v) is 2.07. The highest BCUT2D eigenvalue weighted by atomic mass is 19.2. The van der Waals surface area contributed by atoms with Crippen molar-refractivity contribution in [3.8, 4) is 16.9 Å². The third kappa shape index (κ3) is 3.88. The molecule has 7 heteroatoms. The molecule has 0 unspecified atom stereocenters. The molecule has 2 aromatic rings. The van der Waals surface area contributed by atoms with E-state index in [-0.39, 0.29) is 28.9 Å². The highest BCUT2D eigenvalue weighted by Gasteiger charge is 2.20. The summed E-state index contributed by atoms with van der Waals surface area (Å²) >= 11 is 0. The van der Waals surface area contributed by atoms with Crippen molar-refractivity contribution in [2.75, 3.05) is 7.11 Å². The van der Waals surface area contributed by atoms with Gasteiger partial charge in [-0.15, -0.1) is 0 Å². The summed E-state index contributed by atoms with van der Waals surface area (Å²) in [7, 11) is 1.32. The van der Waals surface area contributed by atoms with Crippen LogP contribution in [0.3, 0.4) is 0 Å². The van der Waals surface area contributed by atoms with Gasteiger partial charge in [-0.25, -0.2) is 22.4 Å². The predicted octanol–water partition coefficient (Wildman–Crippen LogP) is 4.54. The van der Waals surface area contributed by atoms with Gasteiger partial charge in [0.2, 0.25) is 5.75 Å². The second-order valence-corrected chi connectivity index (χ2v) is 5.27. The van der Waals surface area contributed by atoms with Gasteiger partial charge in [-0.3, -0.25) is 0 Å². The molecule has 132 valence electrons. The molecule has 0 fully saturated rings. The van der Waals surface area contributed by atoms with Crippen molar-refractivity contribution in [2.24, 2.45) is 0 Å². The molecule has 0 aliphatic rings. The van der Waals surface area contributed by atoms with E-state index in [2.05, 4.69) is 11.3 Å². The smallest absolute Gasteiger partial charge is 0.338 e. The Morgan fingerprint density at radius 1 is 1.08 bits per heavy atom. The molecular weight excluding hydrogens is 340 g/mol. The van der Waals surface area contributed by atoms with Crippen molar-refractivity contribution in [2.45, 2.75) is 13.5 Å². The monoisotopic (exact) mass is 354 g/mol. The van der Waals surface area contributed by atoms with Crippen molar-refractivity contribution in [1.29, 1.82) is 0 Å². The first-order valence-corrected chi connectivity index (χ1v) is 7.09. The quantitative estimate of drug-likeness (QED) is 0.342.